The van der Waals surface area contributed by atoms with Gasteiger partial charge in [0, 0.05) is 24.2 Å². The smallest absolute Gasteiger partial charge is 0.270 e. The largest absolute Gasteiger partial charge is 0.352 e. The van der Waals surface area contributed by atoms with E-state index < -0.39 is 4.92 Å². The second kappa shape index (κ2) is 8.27. The number of non-ortho nitro benzene ring substituents is 1. The van der Waals surface area contributed by atoms with E-state index in [0.717, 1.165) is 26.1 Å². The summed E-state index contributed by atoms with van der Waals surface area (Å²) < 4.78 is 0. The summed E-state index contributed by atoms with van der Waals surface area (Å²) in [5.41, 5.74) is 0.253. The van der Waals surface area contributed by atoms with E-state index in [2.05, 4.69) is 24.1 Å². The second-order valence-corrected chi connectivity index (χ2v) is 4.44. The lowest BCUT2D eigenvalue weighted by atomic mass is 10.2. The minimum Gasteiger partial charge on any atom is -0.352 e. The van der Waals surface area contributed by atoms with Crippen molar-refractivity contribution in [2.75, 3.05) is 26.2 Å². The van der Waals surface area contributed by atoms with Crippen LogP contribution < -0.4 is 5.32 Å². The van der Waals surface area contributed by atoms with E-state index in [4.69, 9.17) is 0 Å². The van der Waals surface area contributed by atoms with Gasteiger partial charge in [-0.15, -0.1) is 0 Å². The maximum absolute atomic E-state index is 11.9. The zero-order valence-corrected chi connectivity index (χ0v) is 12.0. The predicted molar refractivity (Wildman–Crippen MR) is 77.8 cm³/mol. The Morgan fingerprint density at radius 3 is 2.65 bits per heavy atom. The zero-order chi connectivity index (χ0) is 15.0. The molecule has 0 unspecified atom stereocenters. The highest BCUT2D eigenvalue weighted by Gasteiger charge is 2.10. The van der Waals surface area contributed by atoms with E-state index >= 15 is 0 Å². The first kappa shape index (κ1) is 16.1. The Morgan fingerprint density at radius 2 is 2.05 bits per heavy atom. The molecule has 0 saturated carbocycles. The molecule has 1 rings (SSSR count). The Hall–Kier alpha value is -1.95. The van der Waals surface area contributed by atoms with Crippen molar-refractivity contribution >= 4 is 11.6 Å². The van der Waals surface area contributed by atoms with Crippen LogP contribution in [0, 0.1) is 10.1 Å². The molecule has 0 fully saturated rings. The molecule has 6 heteroatoms. The molecule has 20 heavy (non-hydrogen) atoms. The molecule has 1 aromatic carbocycles. The average Bonchev–Trinajstić information content (AvgIpc) is 2.47. The number of carbonyl (C=O) groups excluding carboxylic acids is 1. The standard InChI is InChI=1S/C14H21N3O3/c1-3-16(4-2)10-6-9-15-14(18)12-7-5-8-13(11-12)17(19)20/h5,7-8,11H,3-4,6,9-10H2,1-2H3,(H,15,18). The molecule has 0 aliphatic carbocycles. The van der Waals surface area contributed by atoms with E-state index in [9.17, 15) is 14.9 Å². The lowest BCUT2D eigenvalue weighted by Crippen LogP contribution is -2.29. The van der Waals surface area contributed by atoms with Crippen LogP contribution in [0.15, 0.2) is 24.3 Å². The van der Waals surface area contributed by atoms with Gasteiger partial charge < -0.3 is 10.2 Å². The van der Waals surface area contributed by atoms with Crippen molar-refractivity contribution in [2.24, 2.45) is 0 Å². The number of nitro benzene ring substituents is 1. The van der Waals surface area contributed by atoms with Crippen LogP contribution in [-0.2, 0) is 0 Å². The van der Waals surface area contributed by atoms with Crippen molar-refractivity contribution in [3.05, 3.63) is 39.9 Å². The molecule has 0 bridgehead atoms. The van der Waals surface area contributed by atoms with Gasteiger partial charge in [0.25, 0.3) is 11.6 Å². The van der Waals surface area contributed by atoms with Crippen LogP contribution >= 0.6 is 0 Å². The third-order valence-electron chi connectivity index (χ3n) is 3.15. The number of carbonyl (C=O) groups is 1. The fourth-order valence-electron chi connectivity index (χ4n) is 1.91. The third kappa shape index (κ3) is 4.97. The molecule has 110 valence electrons. The Bertz CT molecular complexity index is 459. The molecule has 1 amide bonds. The molecular formula is C14H21N3O3. The molecule has 1 N–H and O–H groups in total. The van der Waals surface area contributed by atoms with Gasteiger partial charge in [-0.2, -0.15) is 0 Å². The van der Waals surface area contributed by atoms with Gasteiger partial charge in [0.15, 0.2) is 0 Å². The maximum atomic E-state index is 11.9. The Kier molecular flexibility index (Phi) is 6.66. The molecular weight excluding hydrogens is 258 g/mol. The fraction of sp³-hybridized carbons (Fsp3) is 0.500. The molecule has 0 heterocycles. The monoisotopic (exact) mass is 279 g/mol. The number of nitro groups is 1. The average molecular weight is 279 g/mol. The second-order valence-electron chi connectivity index (χ2n) is 4.44. The molecule has 0 aliphatic heterocycles. The zero-order valence-electron chi connectivity index (χ0n) is 12.0. The molecule has 0 aromatic heterocycles. The maximum Gasteiger partial charge on any atom is 0.270 e. The summed E-state index contributed by atoms with van der Waals surface area (Å²) >= 11 is 0. The van der Waals surface area contributed by atoms with Gasteiger partial charge >= 0.3 is 0 Å². The molecule has 1 aromatic rings. The lowest BCUT2D eigenvalue weighted by molar-refractivity contribution is -0.384. The Morgan fingerprint density at radius 1 is 1.35 bits per heavy atom. The van der Waals surface area contributed by atoms with Crippen molar-refractivity contribution in [1.82, 2.24) is 10.2 Å². The topological polar surface area (TPSA) is 75.5 Å². The summed E-state index contributed by atoms with van der Waals surface area (Å²) in [6.07, 6.45) is 0.863. The Labute approximate surface area is 118 Å². The van der Waals surface area contributed by atoms with E-state index in [-0.39, 0.29) is 11.6 Å². The van der Waals surface area contributed by atoms with Gasteiger partial charge in [-0.3, -0.25) is 14.9 Å². The van der Waals surface area contributed by atoms with E-state index in [1.54, 1.807) is 6.07 Å². The number of nitrogens with zero attached hydrogens (tertiary/aromatic N) is 2. The summed E-state index contributed by atoms with van der Waals surface area (Å²) in [5.74, 6) is -0.270. The van der Waals surface area contributed by atoms with Gasteiger partial charge in [-0.25, -0.2) is 0 Å². The summed E-state index contributed by atoms with van der Waals surface area (Å²) in [6.45, 7) is 7.70. The van der Waals surface area contributed by atoms with Crippen molar-refractivity contribution in [3.8, 4) is 0 Å². The summed E-state index contributed by atoms with van der Waals surface area (Å²) in [5, 5.41) is 13.4. The normalized spacial score (nSPS) is 10.6. The number of hydrogen-bond donors (Lipinski definition) is 1. The van der Waals surface area contributed by atoms with E-state index in [1.807, 2.05) is 0 Å². The van der Waals surface area contributed by atoms with Gasteiger partial charge in [0.2, 0.25) is 0 Å². The van der Waals surface area contributed by atoms with Crippen LogP contribution in [-0.4, -0.2) is 41.9 Å². The first-order chi connectivity index (χ1) is 9.58. The lowest BCUT2D eigenvalue weighted by Gasteiger charge is -2.17. The van der Waals surface area contributed by atoms with Crippen LogP contribution in [0.2, 0.25) is 0 Å². The molecule has 6 nitrogen and oxygen atoms in total. The molecule has 0 saturated heterocycles. The quantitative estimate of drug-likeness (QED) is 0.449. The van der Waals surface area contributed by atoms with Gasteiger partial charge in [-0.05, 0) is 32.1 Å². The highest BCUT2D eigenvalue weighted by molar-refractivity contribution is 5.94. The van der Waals surface area contributed by atoms with Gasteiger partial charge in [0.05, 0.1) is 4.92 Å². The van der Waals surface area contributed by atoms with Crippen molar-refractivity contribution in [2.45, 2.75) is 20.3 Å². The number of hydrogen-bond acceptors (Lipinski definition) is 4. The van der Waals surface area contributed by atoms with Crippen LogP contribution in [0.25, 0.3) is 0 Å². The molecule has 0 aliphatic rings. The molecule has 0 spiro atoms. The summed E-state index contributed by atoms with van der Waals surface area (Å²) in [7, 11) is 0. The summed E-state index contributed by atoms with van der Waals surface area (Å²) in [4.78, 5) is 24.3. The number of benzene rings is 1. The van der Waals surface area contributed by atoms with Crippen molar-refractivity contribution in [1.29, 1.82) is 0 Å². The van der Waals surface area contributed by atoms with Crippen LogP contribution in [0.3, 0.4) is 0 Å². The van der Waals surface area contributed by atoms with E-state index in [0.29, 0.717) is 12.1 Å². The SMILES string of the molecule is CCN(CC)CCCNC(=O)c1cccc([N+](=O)[O-])c1. The number of nitrogens with one attached hydrogen (secondary N) is 1. The first-order valence-corrected chi connectivity index (χ1v) is 6.83. The highest BCUT2D eigenvalue weighted by atomic mass is 16.6. The van der Waals surface area contributed by atoms with E-state index in [1.165, 1.54) is 18.2 Å². The first-order valence-electron chi connectivity index (χ1n) is 6.83. The number of rotatable bonds is 8. The Balaban J connectivity index is 2.43. The summed E-state index contributed by atoms with van der Waals surface area (Å²) in [6, 6.07) is 5.76. The highest BCUT2D eigenvalue weighted by Crippen LogP contribution is 2.12. The predicted octanol–water partition coefficient (Wildman–Crippen LogP) is 2.06. The fourth-order valence-corrected chi connectivity index (χ4v) is 1.91. The van der Waals surface area contributed by atoms with Crippen LogP contribution in [0.1, 0.15) is 30.6 Å². The van der Waals surface area contributed by atoms with Gasteiger partial charge in [0.1, 0.15) is 0 Å². The third-order valence-corrected chi connectivity index (χ3v) is 3.15. The van der Waals surface area contributed by atoms with Crippen molar-refractivity contribution in [3.63, 3.8) is 0 Å². The minimum atomic E-state index is -0.503. The minimum absolute atomic E-state index is 0.0687. The molecule has 0 atom stereocenters. The number of amides is 1. The van der Waals surface area contributed by atoms with Gasteiger partial charge in [-0.1, -0.05) is 19.9 Å². The molecule has 0 radical (unpaired) electrons. The van der Waals surface area contributed by atoms with Crippen LogP contribution in [0.5, 0.6) is 0 Å². The van der Waals surface area contributed by atoms with Crippen molar-refractivity contribution < 1.29 is 9.72 Å². The van der Waals surface area contributed by atoms with Crippen LogP contribution in [0.4, 0.5) is 5.69 Å².